The Morgan fingerprint density at radius 2 is 2.43 bits per heavy atom. The number of likely N-dealkylation sites (N-methyl/N-ethyl adjacent to an activating group) is 1. The molecule has 1 unspecified atom stereocenters. The van der Waals surface area contributed by atoms with Crippen LogP contribution in [0.2, 0.25) is 0 Å². The average Bonchev–Trinajstić information content (AvgIpc) is 2.24. The molecule has 0 aliphatic heterocycles. The summed E-state index contributed by atoms with van der Waals surface area (Å²) in [6.45, 7) is -5.66. The van der Waals surface area contributed by atoms with Gasteiger partial charge in [0.2, 0.25) is 0 Å². The topological polar surface area (TPSA) is 52.5 Å². The largest absolute Gasteiger partial charge is 0.508 e. The van der Waals surface area contributed by atoms with E-state index in [1.165, 1.54) is 18.2 Å². The minimum Gasteiger partial charge on any atom is -0.508 e. The van der Waals surface area contributed by atoms with Crippen molar-refractivity contribution in [2.45, 2.75) is 13.0 Å². The molecule has 0 heterocycles. The highest BCUT2D eigenvalue weighted by Crippen LogP contribution is 2.17. The van der Waals surface area contributed by atoms with Gasteiger partial charge < -0.3 is 15.5 Å². The van der Waals surface area contributed by atoms with Crippen LogP contribution in [0.1, 0.15) is 25.4 Å². The molecule has 1 atom stereocenters. The molecule has 0 saturated carbocycles. The summed E-state index contributed by atoms with van der Waals surface area (Å²) in [6.07, 6.45) is -1.10. The van der Waals surface area contributed by atoms with E-state index in [-0.39, 0.29) is 24.7 Å². The molecule has 3 nitrogen and oxygen atoms in total. The minimum absolute atomic E-state index is 0. The first-order valence-corrected chi connectivity index (χ1v) is 3.85. The fourth-order valence-corrected chi connectivity index (χ4v) is 0.998. The van der Waals surface area contributed by atoms with E-state index < -0.39 is 19.5 Å². The maximum atomic E-state index is 9.75. The van der Waals surface area contributed by atoms with Crippen LogP contribution in [0, 0.1) is 0 Å². The van der Waals surface area contributed by atoms with Crippen LogP contribution in [0.3, 0.4) is 0 Å². The number of rotatable bonds is 4. The van der Waals surface area contributed by atoms with Crippen molar-refractivity contribution >= 4 is 12.4 Å². The predicted molar refractivity (Wildman–Crippen MR) is 58.9 cm³/mol. The lowest BCUT2D eigenvalue weighted by molar-refractivity contribution is 0.175. The molecule has 0 radical (unpaired) electrons. The van der Waals surface area contributed by atoms with E-state index in [4.69, 9.17) is 6.85 Å². The third kappa shape index (κ3) is 3.96. The van der Waals surface area contributed by atoms with Crippen molar-refractivity contribution in [1.82, 2.24) is 5.32 Å². The predicted octanol–water partition coefficient (Wildman–Crippen LogP) is 1.46. The smallest absolute Gasteiger partial charge is 0.115 e. The number of phenols is 1. The monoisotopic (exact) mass is 222 g/mol. The van der Waals surface area contributed by atoms with Gasteiger partial charge >= 0.3 is 0 Å². The van der Waals surface area contributed by atoms with Gasteiger partial charge in [0.15, 0.2) is 0 Å². The summed E-state index contributed by atoms with van der Waals surface area (Å²) in [6, 6.07) is 5.85. The number of phenolic OH excluding ortho intramolecular Hbond substituents is 1. The maximum Gasteiger partial charge on any atom is 0.115 e. The van der Waals surface area contributed by atoms with E-state index in [1.54, 1.807) is 6.07 Å². The molecule has 3 N–H and O–H groups in total. The number of hydrogen-bond donors (Lipinski definition) is 3. The second kappa shape index (κ2) is 6.65. The van der Waals surface area contributed by atoms with Crippen molar-refractivity contribution in [3.8, 4) is 5.75 Å². The molecule has 0 aliphatic rings. The molecular formula is C10H16ClNO2. The summed E-state index contributed by atoms with van der Waals surface area (Å²) in [4.78, 5) is 0. The summed E-state index contributed by atoms with van der Waals surface area (Å²) in [5.41, 5.74) is 0.379. The van der Waals surface area contributed by atoms with E-state index in [9.17, 15) is 10.2 Å². The minimum atomic E-state index is -2.81. The first-order valence-electron chi connectivity index (χ1n) is 6.35. The molecular weight excluding hydrogens is 202 g/mol. The molecule has 1 aromatic carbocycles. The fourth-order valence-electron chi connectivity index (χ4n) is 0.998. The Balaban J connectivity index is 0.00000324. The molecule has 0 aromatic heterocycles. The highest BCUT2D eigenvalue weighted by atomic mass is 35.5. The lowest BCUT2D eigenvalue weighted by atomic mass is 10.1. The van der Waals surface area contributed by atoms with Crippen LogP contribution in [-0.4, -0.2) is 23.3 Å². The molecule has 0 aliphatic carbocycles. The van der Waals surface area contributed by atoms with Crippen molar-refractivity contribution in [2.24, 2.45) is 0 Å². The molecule has 0 spiro atoms. The van der Waals surface area contributed by atoms with E-state index in [0.29, 0.717) is 5.56 Å². The molecule has 0 bridgehead atoms. The molecule has 80 valence electrons. The summed E-state index contributed by atoms with van der Waals surface area (Å²) in [5, 5.41) is 21.1. The van der Waals surface area contributed by atoms with Gasteiger partial charge in [0, 0.05) is 13.4 Å². The van der Waals surface area contributed by atoms with E-state index in [0.717, 1.165) is 0 Å². The zero-order valence-corrected chi connectivity index (χ0v) is 8.21. The molecule has 4 heteroatoms. The summed E-state index contributed by atoms with van der Waals surface area (Å²) in [7, 11) is 0. The molecule has 0 amide bonds. The van der Waals surface area contributed by atoms with Gasteiger partial charge in [-0.25, -0.2) is 0 Å². The van der Waals surface area contributed by atoms with Crippen molar-refractivity contribution in [3.05, 3.63) is 29.8 Å². The Morgan fingerprint density at radius 3 is 3.07 bits per heavy atom. The van der Waals surface area contributed by atoms with E-state index in [1.807, 2.05) is 0 Å². The zero-order valence-electron chi connectivity index (χ0n) is 12.4. The SMILES string of the molecule is Cl.[2H]C([2H])([2H])C([2H])([2H])NCC(O)c1cccc(O)c1. The van der Waals surface area contributed by atoms with Crippen LogP contribution in [0.25, 0.3) is 0 Å². The van der Waals surface area contributed by atoms with Gasteiger partial charge in [-0.1, -0.05) is 19.0 Å². The summed E-state index contributed by atoms with van der Waals surface area (Å²) < 4.78 is 35.6. The van der Waals surface area contributed by atoms with Crippen LogP contribution in [-0.2, 0) is 0 Å². The van der Waals surface area contributed by atoms with Crippen molar-refractivity contribution in [2.75, 3.05) is 13.0 Å². The maximum absolute atomic E-state index is 9.75. The molecule has 0 fully saturated rings. The van der Waals surface area contributed by atoms with Gasteiger partial charge in [-0.3, -0.25) is 0 Å². The van der Waals surface area contributed by atoms with Crippen molar-refractivity contribution < 1.29 is 17.1 Å². The van der Waals surface area contributed by atoms with Crippen molar-refractivity contribution in [3.63, 3.8) is 0 Å². The Hall–Kier alpha value is -0.770. The van der Waals surface area contributed by atoms with Crippen LogP contribution in [0.15, 0.2) is 24.3 Å². The van der Waals surface area contributed by atoms with Crippen LogP contribution < -0.4 is 5.32 Å². The van der Waals surface area contributed by atoms with E-state index >= 15 is 0 Å². The van der Waals surface area contributed by atoms with Crippen LogP contribution >= 0.6 is 12.4 Å². The van der Waals surface area contributed by atoms with Gasteiger partial charge in [0.25, 0.3) is 0 Å². The lowest BCUT2D eigenvalue weighted by Crippen LogP contribution is -2.20. The third-order valence-electron chi connectivity index (χ3n) is 1.64. The van der Waals surface area contributed by atoms with E-state index in [2.05, 4.69) is 5.32 Å². The Kier molecular flexibility index (Phi) is 3.17. The van der Waals surface area contributed by atoms with Crippen LogP contribution in [0.5, 0.6) is 5.75 Å². The highest BCUT2D eigenvalue weighted by Gasteiger charge is 2.06. The highest BCUT2D eigenvalue weighted by molar-refractivity contribution is 5.85. The Morgan fingerprint density at radius 1 is 1.64 bits per heavy atom. The van der Waals surface area contributed by atoms with Crippen molar-refractivity contribution in [1.29, 1.82) is 0 Å². The number of hydrogen-bond acceptors (Lipinski definition) is 3. The first-order chi connectivity index (χ1) is 8.13. The van der Waals surface area contributed by atoms with Gasteiger partial charge in [0.1, 0.15) is 5.75 Å². The molecule has 1 aromatic rings. The number of nitrogens with one attached hydrogen (secondary N) is 1. The fraction of sp³-hybridized carbons (Fsp3) is 0.400. The lowest BCUT2D eigenvalue weighted by Gasteiger charge is -2.11. The van der Waals surface area contributed by atoms with Crippen LogP contribution in [0.4, 0.5) is 0 Å². The normalized spacial score (nSPS) is 19.1. The average molecular weight is 223 g/mol. The van der Waals surface area contributed by atoms with Gasteiger partial charge in [-0.05, 0) is 24.2 Å². The number of benzene rings is 1. The van der Waals surface area contributed by atoms with Gasteiger partial charge in [-0.15, -0.1) is 12.4 Å². The second-order valence-corrected chi connectivity index (χ2v) is 2.62. The zero-order chi connectivity index (χ0) is 14.0. The number of aromatic hydroxyl groups is 1. The van der Waals surface area contributed by atoms with Gasteiger partial charge in [-0.2, -0.15) is 0 Å². The van der Waals surface area contributed by atoms with Gasteiger partial charge in [0.05, 0.1) is 6.10 Å². The first kappa shape index (κ1) is 6.67. The summed E-state index contributed by atoms with van der Waals surface area (Å²) in [5.74, 6) is -0.0228. The second-order valence-electron chi connectivity index (χ2n) is 2.62. The number of halogens is 1. The molecule has 14 heavy (non-hydrogen) atoms. The summed E-state index contributed by atoms with van der Waals surface area (Å²) >= 11 is 0. The standard InChI is InChI=1S/C10H15NO2.ClH/c1-2-11-7-10(13)8-4-3-5-9(12)6-8;/h3-6,10-13H,2,7H2,1H3;1H/i1D3,2D2;. The number of aliphatic hydroxyl groups excluding tert-OH is 1. The molecule has 0 saturated heterocycles. The quantitative estimate of drug-likeness (QED) is 0.723. The Labute approximate surface area is 97.2 Å². The Bertz CT molecular complexity index is 413. The third-order valence-corrected chi connectivity index (χ3v) is 1.64. The number of aliphatic hydroxyl groups is 1. The molecule has 1 rings (SSSR count).